The van der Waals surface area contributed by atoms with Gasteiger partial charge < -0.3 is 35.4 Å². The van der Waals surface area contributed by atoms with Crippen LogP contribution in [0.25, 0.3) is 0 Å². The van der Waals surface area contributed by atoms with Gasteiger partial charge in [-0.05, 0) is 63.3 Å². The van der Waals surface area contributed by atoms with Crippen LogP contribution in [-0.2, 0) is 9.47 Å². The number of carbonyl (C=O) groups excluding carboxylic acids is 1. The van der Waals surface area contributed by atoms with E-state index in [0.717, 1.165) is 38.5 Å². The number of benzene rings is 1. The first-order valence-corrected chi connectivity index (χ1v) is 13.4. The lowest BCUT2D eigenvalue weighted by Gasteiger charge is -2.38. The second kappa shape index (κ2) is 14.5. The molecule has 1 aliphatic heterocycles. The fourth-order valence-electron chi connectivity index (χ4n) is 5.72. The zero-order valence-electron chi connectivity index (χ0n) is 22.1. The minimum absolute atomic E-state index is 0.0112. The van der Waals surface area contributed by atoms with Crippen LogP contribution in [0.4, 0.5) is 14.0 Å². The third-order valence-corrected chi connectivity index (χ3v) is 7.70. The van der Waals surface area contributed by atoms with E-state index in [-0.39, 0.29) is 42.6 Å². The first-order chi connectivity index (χ1) is 17.9. The smallest absolute Gasteiger partial charge is 0.404 e. The molecule has 2 aliphatic rings. The summed E-state index contributed by atoms with van der Waals surface area (Å²) < 4.78 is 25.9. The summed E-state index contributed by atoms with van der Waals surface area (Å²) in [5, 5.41) is 17.5. The molecule has 0 bridgehead atoms. The van der Waals surface area contributed by atoms with Crippen molar-refractivity contribution >= 4 is 12.1 Å². The predicted octanol–water partition coefficient (Wildman–Crippen LogP) is 3.90. The minimum atomic E-state index is -1.12. The molecule has 3 rings (SSSR count). The van der Waals surface area contributed by atoms with Crippen LogP contribution in [-0.4, -0.2) is 80.7 Å². The molecule has 1 saturated carbocycles. The first-order valence-electron chi connectivity index (χ1n) is 13.4. The van der Waals surface area contributed by atoms with Crippen molar-refractivity contribution < 1.29 is 28.6 Å². The van der Waals surface area contributed by atoms with Gasteiger partial charge in [0.05, 0.1) is 18.3 Å². The number of methoxy groups -OCH3 is 1. The average Bonchev–Trinajstić information content (AvgIpc) is 3.37. The lowest BCUT2D eigenvalue weighted by Crippen LogP contribution is -2.51. The van der Waals surface area contributed by atoms with Crippen LogP contribution in [0.1, 0.15) is 63.0 Å². The zero-order chi connectivity index (χ0) is 26.7. The van der Waals surface area contributed by atoms with Gasteiger partial charge in [-0.2, -0.15) is 0 Å². The summed E-state index contributed by atoms with van der Waals surface area (Å²) >= 11 is 0. The third kappa shape index (κ3) is 8.83. The molecule has 1 heterocycles. The molecular weight excluding hydrogens is 479 g/mol. The van der Waals surface area contributed by atoms with Crippen molar-refractivity contribution in [1.29, 1.82) is 0 Å². The Bertz CT molecular complexity index is 867. The van der Waals surface area contributed by atoms with E-state index in [4.69, 9.17) is 14.6 Å². The molecule has 2 fully saturated rings. The molecule has 0 spiro atoms. The van der Waals surface area contributed by atoms with Crippen LogP contribution in [0.15, 0.2) is 24.3 Å². The van der Waals surface area contributed by atoms with Gasteiger partial charge in [-0.1, -0.05) is 25.0 Å². The number of likely N-dealkylation sites (tertiary alicyclic amines) is 1. The third-order valence-electron chi connectivity index (χ3n) is 7.70. The number of hydrogen-bond acceptors (Lipinski definition) is 5. The molecule has 3 amide bonds. The standard InChI is InChI=1S/C27H43FN4O5/c1-29-18-23(10-13-27(36-2)11-3-4-12-27)31-25(33)32-15-6-8-21(19-32)24(37-16-14-30-26(34)35)20-7-5-9-22(28)17-20/h5,7,9,17,21,23-24,29-30H,3-4,6,8,10-16,18-19H2,1-2H3,(H,31,33)(H,34,35)/t21?,23?,24-/m0/s1. The first kappa shape index (κ1) is 29.1. The van der Waals surface area contributed by atoms with Crippen LogP contribution < -0.4 is 16.0 Å². The number of nitrogens with zero attached hydrogens (tertiary/aromatic N) is 1. The van der Waals surface area contributed by atoms with Gasteiger partial charge in [-0.15, -0.1) is 0 Å². The molecule has 10 heteroatoms. The second-order valence-electron chi connectivity index (χ2n) is 10.3. The van der Waals surface area contributed by atoms with E-state index >= 15 is 0 Å². The van der Waals surface area contributed by atoms with E-state index in [0.29, 0.717) is 25.2 Å². The van der Waals surface area contributed by atoms with Gasteiger partial charge in [0, 0.05) is 45.2 Å². The molecule has 0 aromatic heterocycles. The Kier molecular flexibility index (Phi) is 11.4. The van der Waals surface area contributed by atoms with Gasteiger partial charge >= 0.3 is 12.1 Å². The molecule has 0 radical (unpaired) electrons. The Hall–Kier alpha value is -2.43. The highest BCUT2D eigenvalue weighted by Gasteiger charge is 2.35. The molecule has 37 heavy (non-hydrogen) atoms. The van der Waals surface area contributed by atoms with Crippen molar-refractivity contribution in [3.63, 3.8) is 0 Å². The summed E-state index contributed by atoms with van der Waals surface area (Å²) in [7, 11) is 3.68. The maximum absolute atomic E-state index is 14.0. The van der Waals surface area contributed by atoms with E-state index < -0.39 is 12.2 Å². The number of piperidine rings is 1. The number of urea groups is 1. The van der Waals surface area contributed by atoms with Crippen molar-refractivity contribution in [2.45, 2.75) is 69.1 Å². The summed E-state index contributed by atoms with van der Waals surface area (Å²) in [5.41, 5.74) is 0.620. The number of rotatable bonds is 13. The molecule has 1 aromatic carbocycles. The van der Waals surface area contributed by atoms with E-state index in [2.05, 4.69) is 16.0 Å². The van der Waals surface area contributed by atoms with Gasteiger partial charge in [0.25, 0.3) is 0 Å². The maximum Gasteiger partial charge on any atom is 0.404 e. The summed E-state index contributed by atoms with van der Waals surface area (Å²) in [6, 6.07) is 6.18. The van der Waals surface area contributed by atoms with Crippen LogP contribution >= 0.6 is 0 Å². The number of likely N-dealkylation sites (N-methyl/N-ethyl adjacent to an activating group) is 1. The summed E-state index contributed by atoms with van der Waals surface area (Å²) in [6.45, 7) is 2.09. The number of halogens is 1. The largest absolute Gasteiger partial charge is 0.465 e. The van der Waals surface area contributed by atoms with Crippen LogP contribution in [0.3, 0.4) is 0 Å². The highest BCUT2D eigenvalue weighted by Crippen LogP contribution is 2.37. The van der Waals surface area contributed by atoms with E-state index in [9.17, 15) is 14.0 Å². The van der Waals surface area contributed by atoms with Crippen molar-refractivity contribution in [3.05, 3.63) is 35.6 Å². The van der Waals surface area contributed by atoms with Gasteiger partial charge in [0.2, 0.25) is 0 Å². The molecular formula is C27H43FN4O5. The molecule has 4 N–H and O–H groups in total. The summed E-state index contributed by atoms with van der Waals surface area (Å²) in [4.78, 5) is 25.9. The summed E-state index contributed by atoms with van der Waals surface area (Å²) in [6.07, 6.45) is 6.34. The Morgan fingerprint density at radius 3 is 2.73 bits per heavy atom. The molecule has 1 aliphatic carbocycles. The lowest BCUT2D eigenvalue weighted by molar-refractivity contribution is -0.0151. The number of carbonyl (C=O) groups is 2. The topological polar surface area (TPSA) is 112 Å². The van der Waals surface area contributed by atoms with Gasteiger partial charge in [-0.25, -0.2) is 14.0 Å². The quantitative estimate of drug-likeness (QED) is 0.293. The van der Waals surface area contributed by atoms with Gasteiger partial charge in [-0.3, -0.25) is 0 Å². The van der Waals surface area contributed by atoms with Gasteiger partial charge in [0.15, 0.2) is 0 Å². The normalized spacial score (nSPS) is 20.8. The van der Waals surface area contributed by atoms with E-state index in [1.165, 1.54) is 25.0 Å². The molecule has 1 aromatic rings. The number of nitrogens with one attached hydrogen (secondary N) is 3. The molecule has 208 valence electrons. The van der Waals surface area contributed by atoms with Crippen LogP contribution in [0.5, 0.6) is 0 Å². The Morgan fingerprint density at radius 2 is 2.05 bits per heavy atom. The number of carboxylic acid groups (broad SMARTS) is 1. The Labute approximate surface area is 219 Å². The van der Waals surface area contributed by atoms with Crippen LogP contribution in [0.2, 0.25) is 0 Å². The van der Waals surface area contributed by atoms with Crippen LogP contribution in [0, 0.1) is 11.7 Å². The highest BCUT2D eigenvalue weighted by molar-refractivity contribution is 5.74. The predicted molar refractivity (Wildman–Crippen MR) is 139 cm³/mol. The Morgan fingerprint density at radius 1 is 1.27 bits per heavy atom. The van der Waals surface area contributed by atoms with E-state index in [1.807, 2.05) is 18.0 Å². The lowest BCUT2D eigenvalue weighted by atomic mass is 9.88. The van der Waals surface area contributed by atoms with E-state index in [1.54, 1.807) is 13.2 Å². The monoisotopic (exact) mass is 522 g/mol. The number of ether oxygens (including phenoxy) is 2. The number of amides is 3. The van der Waals surface area contributed by atoms with Crippen molar-refractivity contribution in [3.8, 4) is 0 Å². The maximum atomic E-state index is 14.0. The zero-order valence-corrected chi connectivity index (χ0v) is 22.1. The van der Waals surface area contributed by atoms with Gasteiger partial charge in [0.1, 0.15) is 5.82 Å². The molecule has 1 saturated heterocycles. The second-order valence-corrected chi connectivity index (χ2v) is 10.3. The fourth-order valence-corrected chi connectivity index (χ4v) is 5.72. The van der Waals surface area contributed by atoms with Crippen molar-refractivity contribution in [2.75, 3.05) is 46.9 Å². The SMILES string of the molecule is CNCC(CCC1(OC)CCCC1)NC(=O)N1CCCC([C@@H](OCCNC(=O)O)c2cccc(F)c2)C1. The minimum Gasteiger partial charge on any atom is -0.465 e. The average molecular weight is 523 g/mol. The van der Waals surface area contributed by atoms with Crippen molar-refractivity contribution in [2.24, 2.45) is 5.92 Å². The molecule has 2 unspecified atom stereocenters. The highest BCUT2D eigenvalue weighted by atomic mass is 19.1. The van der Waals surface area contributed by atoms with Crippen molar-refractivity contribution in [1.82, 2.24) is 20.9 Å². The molecule has 3 atom stereocenters. The fraction of sp³-hybridized carbons (Fsp3) is 0.704. The number of hydrogen-bond donors (Lipinski definition) is 4. The summed E-state index contributed by atoms with van der Waals surface area (Å²) in [5.74, 6) is -0.393. The Balaban J connectivity index is 1.62. The molecule has 9 nitrogen and oxygen atoms in total.